The fraction of sp³-hybridized carbons (Fsp3) is 0.571. The van der Waals surface area contributed by atoms with Crippen LogP contribution in [0.25, 0.3) is 0 Å². The van der Waals surface area contributed by atoms with Crippen LogP contribution in [-0.4, -0.2) is 138 Å². The second-order valence-corrected chi connectivity index (χ2v) is 27.0. The topological polar surface area (TPSA) is 273 Å². The van der Waals surface area contributed by atoms with Gasteiger partial charge in [0.15, 0.2) is 0 Å². The van der Waals surface area contributed by atoms with Crippen molar-refractivity contribution in [2.75, 3.05) is 27.2 Å². The van der Waals surface area contributed by atoms with Crippen molar-refractivity contribution >= 4 is 55.5 Å². The quantitative estimate of drug-likeness (QED) is 0.0914. The lowest BCUT2D eigenvalue weighted by Gasteiger charge is -2.36. The molecule has 0 aromatic heterocycles. The van der Waals surface area contributed by atoms with Crippen LogP contribution in [0.5, 0.6) is 0 Å². The van der Waals surface area contributed by atoms with E-state index in [2.05, 4.69) is 41.3 Å². The molecule has 426 valence electrons. The van der Waals surface area contributed by atoms with Crippen LogP contribution in [0.2, 0.25) is 0 Å². The van der Waals surface area contributed by atoms with Gasteiger partial charge in [-0.15, -0.1) is 0 Å². The van der Waals surface area contributed by atoms with Gasteiger partial charge >= 0.3 is 0 Å². The van der Waals surface area contributed by atoms with Crippen LogP contribution in [0.1, 0.15) is 128 Å². The fourth-order valence-corrected chi connectivity index (χ4v) is 13.6. The lowest BCUT2D eigenvalue weighted by molar-refractivity contribution is -0.144. The minimum Gasteiger partial charge on any atom is -0.347 e. The van der Waals surface area contributed by atoms with E-state index in [1.807, 2.05) is 48.5 Å². The van der Waals surface area contributed by atoms with Crippen LogP contribution in [-0.2, 0) is 61.7 Å². The zero-order valence-electron chi connectivity index (χ0n) is 46.6. The highest BCUT2D eigenvalue weighted by Gasteiger charge is 2.49. The number of nitrogens with one attached hydrogen (secondary N) is 8. The van der Waals surface area contributed by atoms with Crippen molar-refractivity contribution in [1.29, 1.82) is 0 Å². The van der Waals surface area contributed by atoms with Crippen LogP contribution in [0.15, 0.2) is 82.6 Å². The summed E-state index contributed by atoms with van der Waals surface area (Å²) in [6.45, 7) is 13.5. The first-order chi connectivity index (χ1) is 36.6. The molecule has 78 heavy (non-hydrogen) atoms. The molecular weight excluding hydrogens is 1040 g/mol. The molecular formula is C56H80N10O10S2. The Hall–Kier alpha value is -5.78. The number of rotatable bonds is 18. The van der Waals surface area contributed by atoms with Crippen molar-refractivity contribution in [2.45, 2.75) is 177 Å². The minimum atomic E-state index is -4.55. The molecule has 20 nitrogen and oxygen atoms in total. The number of nitrogens with zero attached hydrogens (tertiary/aromatic N) is 2. The lowest BCUT2D eigenvalue weighted by atomic mass is 9.85. The largest absolute Gasteiger partial charge is 0.347 e. The standard InChI is InChI=1S/C56H80N10O10S2/c1-33(57-9)49(67)61-47(55(3,4)5)53(71)65-31-37(28-45(65)51(69)59-43-26-15-20-35-18-11-13-24-41(35)43)63-77(73,74)39-22-17-23-40(30-39)78(75,76)64-38-29-46(52(70)60-44-27-16-21-36-19-12-14-25-42(36)44)66(32-38)54(72)48(56(6,7)8)62-50(68)34(2)58-10/h11-14,17-19,22-25,30,33-34,37-38,43-48,57-58,63-64H,15-16,20-21,26-29,31-32H2,1-10H3,(H,59,69)(H,60,70)(H,61,67)(H,62,68)/t33-,34-,37-,38-,43+,44+,45-,46-,47+,48+/m0/s1. The number of carbonyl (C=O) groups excluding carboxylic acids is 6. The summed E-state index contributed by atoms with van der Waals surface area (Å²) in [4.78, 5) is 86.7. The first kappa shape index (κ1) is 59.9. The van der Waals surface area contributed by atoms with Crippen molar-refractivity contribution in [3.05, 3.63) is 95.1 Å². The molecule has 2 aliphatic heterocycles. The Morgan fingerprint density at radius 1 is 0.551 bits per heavy atom. The van der Waals surface area contributed by atoms with Gasteiger partial charge in [-0.2, -0.15) is 0 Å². The van der Waals surface area contributed by atoms with Crippen LogP contribution >= 0.6 is 0 Å². The predicted octanol–water partition coefficient (Wildman–Crippen LogP) is 2.85. The second kappa shape index (κ2) is 24.3. The fourth-order valence-electron chi connectivity index (χ4n) is 11.0. The van der Waals surface area contributed by atoms with Crippen LogP contribution < -0.4 is 41.3 Å². The smallest absolute Gasteiger partial charge is 0.246 e. The molecule has 2 saturated heterocycles. The van der Waals surface area contributed by atoms with Crippen molar-refractivity contribution in [3.63, 3.8) is 0 Å². The monoisotopic (exact) mass is 1120 g/mol. The minimum absolute atomic E-state index is 0.129. The Kier molecular flexibility index (Phi) is 18.7. The van der Waals surface area contributed by atoms with Gasteiger partial charge in [-0.05, 0) is 131 Å². The number of carbonyl (C=O) groups is 6. The van der Waals surface area contributed by atoms with Gasteiger partial charge < -0.3 is 41.7 Å². The van der Waals surface area contributed by atoms with E-state index in [0.29, 0.717) is 12.8 Å². The third-order valence-electron chi connectivity index (χ3n) is 15.7. The number of hydrogen-bond acceptors (Lipinski definition) is 12. The van der Waals surface area contributed by atoms with E-state index in [-0.39, 0.29) is 38.0 Å². The van der Waals surface area contributed by atoms with E-state index in [1.165, 1.54) is 28.0 Å². The molecule has 6 amide bonds. The zero-order valence-corrected chi connectivity index (χ0v) is 48.2. The number of likely N-dealkylation sites (tertiary alicyclic amines) is 2. The van der Waals surface area contributed by atoms with Gasteiger partial charge in [-0.25, -0.2) is 26.3 Å². The molecule has 4 aliphatic rings. The molecule has 0 radical (unpaired) electrons. The predicted molar refractivity (Wildman–Crippen MR) is 295 cm³/mol. The summed E-state index contributed by atoms with van der Waals surface area (Å²) in [6, 6.07) is 11.8. The van der Waals surface area contributed by atoms with Crippen molar-refractivity contribution in [3.8, 4) is 0 Å². The van der Waals surface area contributed by atoms with Gasteiger partial charge in [-0.1, -0.05) is 96.1 Å². The van der Waals surface area contributed by atoms with Crippen LogP contribution in [0.3, 0.4) is 0 Å². The number of benzene rings is 3. The Morgan fingerprint density at radius 2 is 0.923 bits per heavy atom. The number of fused-ring (bicyclic) bond motifs is 2. The molecule has 2 heterocycles. The third-order valence-corrected chi connectivity index (χ3v) is 18.7. The van der Waals surface area contributed by atoms with Crippen LogP contribution in [0.4, 0.5) is 0 Å². The SMILES string of the molecule is CN[C@@H](C)C(=O)N[C@H](C(=O)N1C[C@@H](NS(=O)(=O)c2cccc(S(=O)(=O)N[C@H]3C[C@@H](C(=O)N[C@@H]4CCCc5ccccc54)N(C(=O)[C@@H](NC(=O)[C@H](C)NC)C(C)(C)C)C3)c2)C[C@H]1C(=O)N[C@@H]1CCCc2ccccc21)C(C)(C)C. The third kappa shape index (κ3) is 13.8. The first-order valence-corrected chi connectivity index (χ1v) is 30.1. The van der Waals surface area contributed by atoms with Gasteiger partial charge in [-0.3, -0.25) is 28.8 Å². The van der Waals surface area contributed by atoms with E-state index in [1.54, 1.807) is 69.5 Å². The molecule has 7 rings (SSSR count). The lowest BCUT2D eigenvalue weighted by Crippen LogP contribution is -2.59. The molecule has 2 aliphatic carbocycles. The van der Waals surface area contributed by atoms with Gasteiger partial charge in [0.05, 0.1) is 34.0 Å². The van der Waals surface area contributed by atoms with E-state index in [0.717, 1.165) is 54.0 Å². The Bertz CT molecular complexity index is 2770. The summed E-state index contributed by atoms with van der Waals surface area (Å²) < 4.78 is 62.9. The molecule has 0 bridgehead atoms. The summed E-state index contributed by atoms with van der Waals surface area (Å²) in [6.07, 6.45) is 4.41. The summed E-state index contributed by atoms with van der Waals surface area (Å²) >= 11 is 0. The highest BCUT2D eigenvalue weighted by atomic mass is 32.2. The van der Waals surface area contributed by atoms with E-state index in [9.17, 15) is 45.6 Å². The number of likely N-dealkylation sites (N-methyl/N-ethyl adjacent to an activating group) is 2. The maximum Gasteiger partial charge on any atom is 0.246 e. The number of hydrogen-bond donors (Lipinski definition) is 8. The summed E-state index contributed by atoms with van der Waals surface area (Å²) in [7, 11) is -5.88. The second-order valence-electron chi connectivity index (χ2n) is 23.5. The summed E-state index contributed by atoms with van der Waals surface area (Å²) in [5.41, 5.74) is 2.48. The molecule has 10 atom stereocenters. The Labute approximate surface area is 460 Å². The van der Waals surface area contributed by atoms with E-state index < -0.39 is 124 Å². The van der Waals surface area contributed by atoms with E-state index >= 15 is 0 Å². The maximum atomic E-state index is 14.7. The molecule has 2 fully saturated rings. The molecule has 8 N–H and O–H groups in total. The van der Waals surface area contributed by atoms with Crippen molar-refractivity contribution < 1.29 is 45.6 Å². The maximum absolute atomic E-state index is 14.7. The van der Waals surface area contributed by atoms with Gasteiger partial charge in [0.25, 0.3) is 0 Å². The molecule has 0 spiro atoms. The Balaban J connectivity index is 1.13. The summed E-state index contributed by atoms with van der Waals surface area (Å²) in [5.74, 6) is -2.99. The highest BCUT2D eigenvalue weighted by molar-refractivity contribution is 7.90. The average molecular weight is 1120 g/mol. The Morgan fingerprint density at radius 3 is 1.28 bits per heavy atom. The van der Waals surface area contributed by atoms with Gasteiger partial charge in [0.1, 0.15) is 24.2 Å². The molecule has 0 saturated carbocycles. The molecule has 22 heteroatoms. The average Bonchev–Trinajstić information content (AvgIpc) is 4.18. The molecule has 3 aromatic carbocycles. The van der Waals surface area contributed by atoms with Crippen LogP contribution in [0, 0.1) is 10.8 Å². The molecule has 0 unspecified atom stereocenters. The van der Waals surface area contributed by atoms with E-state index in [4.69, 9.17) is 0 Å². The van der Waals surface area contributed by atoms with Crippen molar-refractivity contribution in [2.24, 2.45) is 10.8 Å². The van der Waals surface area contributed by atoms with Crippen molar-refractivity contribution in [1.82, 2.24) is 51.1 Å². The number of amides is 6. The summed E-state index contributed by atoms with van der Waals surface area (Å²) in [5, 5.41) is 17.7. The zero-order chi connectivity index (χ0) is 57.1. The first-order valence-electron chi connectivity index (χ1n) is 27.1. The highest BCUT2D eigenvalue weighted by Crippen LogP contribution is 2.34. The molecule has 3 aromatic rings. The normalized spacial score (nSPS) is 23.2. The van der Waals surface area contributed by atoms with Gasteiger partial charge in [0.2, 0.25) is 55.5 Å². The van der Waals surface area contributed by atoms with Gasteiger partial charge in [0, 0.05) is 25.2 Å². The number of aryl methyl sites for hydroxylation is 2. The number of sulfonamides is 2.